The first kappa shape index (κ1) is 13.9. The normalized spacial score (nSPS) is 10.5. The molecule has 0 amide bonds. The number of halogens is 1. The van der Waals surface area contributed by atoms with Crippen LogP contribution in [0, 0.1) is 13.8 Å². The fraction of sp³-hybridized carbons (Fsp3) is 0.250. The van der Waals surface area contributed by atoms with Gasteiger partial charge in [0.15, 0.2) is 0 Å². The Kier molecular flexibility index (Phi) is 4.46. The maximum absolute atomic E-state index is 6.21. The van der Waals surface area contributed by atoms with E-state index in [0.717, 1.165) is 29.0 Å². The average molecular weight is 276 g/mol. The van der Waals surface area contributed by atoms with Gasteiger partial charge >= 0.3 is 0 Å². The van der Waals surface area contributed by atoms with Crippen molar-refractivity contribution in [3.63, 3.8) is 0 Å². The molecule has 0 radical (unpaired) electrons. The molecule has 0 aliphatic heterocycles. The summed E-state index contributed by atoms with van der Waals surface area (Å²) in [4.78, 5) is 0. The topological polar surface area (TPSA) is 35.2 Å². The third-order valence-corrected chi connectivity index (χ3v) is 3.36. The van der Waals surface area contributed by atoms with E-state index in [1.165, 1.54) is 5.56 Å². The van der Waals surface area contributed by atoms with Gasteiger partial charge < -0.3 is 10.5 Å². The maximum Gasteiger partial charge on any atom is 0.130 e. The number of aryl methyl sites for hydroxylation is 2. The molecule has 0 unspecified atom stereocenters. The van der Waals surface area contributed by atoms with Crippen molar-refractivity contribution in [2.45, 2.75) is 20.3 Å². The van der Waals surface area contributed by atoms with E-state index in [1.54, 1.807) is 0 Å². The second-order valence-corrected chi connectivity index (χ2v) is 5.07. The molecule has 0 bridgehead atoms. The van der Waals surface area contributed by atoms with Crippen LogP contribution in [0.5, 0.6) is 11.5 Å². The van der Waals surface area contributed by atoms with Gasteiger partial charge in [0.2, 0.25) is 0 Å². The van der Waals surface area contributed by atoms with Gasteiger partial charge in [-0.2, -0.15) is 0 Å². The van der Waals surface area contributed by atoms with Crippen LogP contribution in [0.4, 0.5) is 0 Å². The monoisotopic (exact) mass is 275 g/mol. The zero-order chi connectivity index (χ0) is 13.8. The predicted molar refractivity (Wildman–Crippen MR) is 80.2 cm³/mol. The molecule has 2 rings (SSSR count). The SMILES string of the molecule is Cc1ccc(C)c(Oc2ccc(CCN)c(Cl)c2)c1. The summed E-state index contributed by atoms with van der Waals surface area (Å²) in [5.41, 5.74) is 8.87. The Hall–Kier alpha value is -1.51. The lowest BCUT2D eigenvalue weighted by molar-refractivity contribution is 0.478. The lowest BCUT2D eigenvalue weighted by atomic mass is 10.1. The molecule has 2 aromatic rings. The highest BCUT2D eigenvalue weighted by Crippen LogP contribution is 2.29. The van der Waals surface area contributed by atoms with E-state index in [1.807, 2.05) is 38.1 Å². The number of hydrogen-bond acceptors (Lipinski definition) is 2. The molecule has 0 spiro atoms. The molecule has 0 saturated carbocycles. The second-order valence-electron chi connectivity index (χ2n) is 4.66. The Balaban J connectivity index is 2.24. The largest absolute Gasteiger partial charge is 0.457 e. The first-order valence-electron chi connectivity index (χ1n) is 6.34. The van der Waals surface area contributed by atoms with Crippen LogP contribution in [0.3, 0.4) is 0 Å². The van der Waals surface area contributed by atoms with Gasteiger partial charge in [-0.25, -0.2) is 0 Å². The van der Waals surface area contributed by atoms with Crippen LogP contribution < -0.4 is 10.5 Å². The van der Waals surface area contributed by atoms with Crippen molar-refractivity contribution in [1.29, 1.82) is 0 Å². The van der Waals surface area contributed by atoms with E-state index in [0.29, 0.717) is 11.6 Å². The smallest absolute Gasteiger partial charge is 0.130 e. The first-order valence-corrected chi connectivity index (χ1v) is 6.71. The van der Waals surface area contributed by atoms with Crippen LogP contribution >= 0.6 is 11.6 Å². The third-order valence-electron chi connectivity index (χ3n) is 3.01. The highest BCUT2D eigenvalue weighted by atomic mass is 35.5. The summed E-state index contributed by atoms with van der Waals surface area (Å²) in [5, 5.41) is 0.702. The molecule has 2 aromatic carbocycles. The lowest BCUT2D eigenvalue weighted by Gasteiger charge is -2.11. The van der Waals surface area contributed by atoms with Gasteiger partial charge in [0.05, 0.1) is 0 Å². The van der Waals surface area contributed by atoms with Crippen molar-refractivity contribution in [2.75, 3.05) is 6.54 Å². The van der Waals surface area contributed by atoms with Crippen LogP contribution in [0.25, 0.3) is 0 Å². The molecule has 0 saturated heterocycles. The van der Waals surface area contributed by atoms with Gasteiger partial charge in [0.25, 0.3) is 0 Å². The molecule has 100 valence electrons. The van der Waals surface area contributed by atoms with Gasteiger partial charge in [-0.1, -0.05) is 29.8 Å². The Morgan fingerprint density at radius 3 is 2.58 bits per heavy atom. The molecule has 0 aliphatic carbocycles. The van der Waals surface area contributed by atoms with Crippen molar-refractivity contribution in [2.24, 2.45) is 5.73 Å². The molecule has 3 heteroatoms. The van der Waals surface area contributed by atoms with Crippen molar-refractivity contribution in [3.05, 3.63) is 58.1 Å². The van der Waals surface area contributed by atoms with E-state index >= 15 is 0 Å². The molecule has 2 N–H and O–H groups in total. The minimum absolute atomic E-state index is 0.594. The summed E-state index contributed by atoms with van der Waals surface area (Å²) in [7, 11) is 0. The van der Waals surface area contributed by atoms with E-state index < -0.39 is 0 Å². The highest BCUT2D eigenvalue weighted by Gasteiger charge is 2.05. The van der Waals surface area contributed by atoms with Gasteiger partial charge in [0, 0.05) is 5.02 Å². The number of rotatable bonds is 4. The third kappa shape index (κ3) is 3.49. The van der Waals surface area contributed by atoms with Crippen molar-refractivity contribution in [1.82, 2.24) is 0 Å². The quantitative estimate of drug-likeness (QED) is 0.905. The standard InChI is InChI=1S/C16H18ClNO/c1-11-3-4-12(2)16(9-11)19-14-6-5-13(7-8-18)15(17)10-14/h3-6,9-10H,7-8,18H2,1-2H3. The number of hydrogen-bond donors (Lipinski definition) is 1. The van der Waals surface area contributed by atoms with Crippen LogP contribution in [-0.2, 0) is 6.42 Å². The summed E-state index contributed by atoms with van der Waals surface area (Å²) in [6.45, 7) is 4.67. The fourth-order valence-electron chi connectivity index (χ4n) is 1.89. The van der Waals surface area contributed by atoms with Crippen molar-refractivity contribution < 1.29 is 4.74 Å². The van der Waals surface area contributed by atoms with Crippen molar-refractivity contribution >= 4 is 11.6 Å². The lowest BCUT2D eigenvalue weighted by Crippen LogP contribution is -2.03. The molecule has 0 aliphatic rings. The summed E-state index contributed by atoms with van der Waals surface area (Å²) < 4.78 is 5.89. The molecule has 0 aromatic heterocycles. The second kappa shape index (κ2) is 6.09. The first-order chi connectivity index (χ1) is 9.10. The predicted octanol–water partition coefficient (Wildman–Crippen LogP) is 4.25. The van der Waals surface area contributed by atoms with E-state index in [2.05, 4.69) is 12.1 Å². The molecule has 19 heavy (non-hydrogen) atoms. The Morgan fingerprint density at radius 2 is 1.89 bits per heavy atom. The van der Waals surface area contributed by atoms with Crippen LogP contribution in [0.2, 0.25) is 5.02 Å². The van der Waals surface area contributed by atoms with Crippen LogP contribution in [0.1, 0.15) is 16.7 Å². The van der Waals surface area contributed by atoms with Gasteiger partial charge in [0.1, 0.15) is 11.5 Å². The summed E-state index contributed by atoms with van der Waals surface area (Å²) in [5.74, 6) is 1.61. The molecule has 0 fully saturated rings. The number of ether oxygens (including phenoxy) is 1. The van der Waals surface area contributed by atoms with Crippen LogP contribution in [0.15, 0.2) is 36.4 Å². The minimum Gasteiger partial charge on any atom is -0.457 e. The summed E-state index contributed by atoms with van der Waals surface area (Å²) in [6.07, 6.45) is 0.780. The zero-order valence-corrected chi connectivity index (χ0v) is 12.0. The van der Waals surface area contributed by atoms with Gasteiger partial charge in [-0.15, -0.1) is 0 Å². The Bertz CT molecular complexity index is 581. The maximum atomic E-state index is 6.21. The van der Waals surface area contributed by atoms with Crippen molar-refractivity contribution in [3.8, 4) is 11.5 Å². The summed E-state index contributed by atoms with van der Waals surface area (Å²) in [6, 6.07) is 11.9. The minimum atomic E-state index is 0.594. The summed E-state index contributed by atoms with van der Waals surface area (Å²) >= 11 is 6.21. The molecular weight excluding hydrogens is 258 g/mol. The van der Waals surface area contributed by atoms with Crippen LogP contribution in [-0.4, -0.2) is 6.54 Å². The highest BCUT2D eigenvalue weighted by molar-refractivity contribution is 6.31. The number of benzene rings is 2. The Morgan fingerprint density at radius 1 is 1.11 bits per heavy atom. The average Bonchev–Trinajstić information content (AvgIpc) is 2.37. The van der Waals surface area contributed by atoms with E-state index in [-0.39, 0.29) is 0 Å². The number of nitrogens with two attached hydrogens (primary N) is 1. The Labute approximate surface area is 119 Å². The zero-order valence-electron chi connectivity index (χ0n) is 11.2. The van der Waals surface area contributed by atoms with E-state index in [9.17, 15) is 0 Å². The molecular formula is C16H18ClNO. The fourth-order valence-corrected chi connectivity index (χ4v) is 2.16. The molecule has 2 nitrogen and oxygen atoms in total. The van der Waals surface area contributed by atoms with Gasteiger partial charge in [-0.05, 0) is 61.7 Å². The molecule has 0 atom stereocenters. The van der Waals surface area contributed by atoms with Gasteiger partial charge in [-0.3, -0.25) is 0 Å². The molecule has 0 heterocycles. The van der Waals surface area contributed by atoms with E-state index in [4.69, 9.17) is 22.1 Å².